The molecule has 0 bridgehead atoms. The van der Waals surface area contributed by atoms with Crippen LogP contribution in [0.3, 0.4) is 0 Å². The number of nitrogens with zero attached hydrogens (tertiary/aromatic N) is 2. The summed E-state index contributed by atoms with van der Waals surface area (Å²) in [4.78, 5) is 4.84. The van der Waals surface area contributed by atoms with Crippen LogP contribution in [0.4, 0.5) is 34.1 Å². The van der Waals surface area contributed by atoms with Gasteiger partial charge in [0.25, 0.3) is 6.71 Å². The molecule has 2 heterocycles. The van der Waals surface area contributed by atoms with Crippen LogP contribution < -0.4 is 30.9 Å². The molecule has 0 radical (unpaired) electrons. The number of para-hydroxylation sites is 2. The molecule has 0 spiro atoms. The van der Waals surface area contributed by atoms with Gasteiger partial charge in [0.1, 0.15) is 11.5 Å². The summed E-state index contributed by atoms with van der Waals surface area (Å²) in [6.07, 6.45) is 0. The molecule has 67 heavy (non-hydrogen) atoms. The molecule has 3 nitrogen and oxygen atoms in total. The standard InChI is InChI=1S/C63H55BN2O/c1-42-34-58-61-60(35-42)67-59-41-52(65(50-24-16-10-17-25-50)51-26-18-11-19-27-51)30-31-54(59)64(61)55-39-46(44-22-14-9-15-23-44)29-33-57(55)66(58)56-32-28-45(43-20-12-8-13-21-43)38-53(56)47-36-48(62(2,3)4)40-49(37-47)63(5,6)7/h8-41H,1-7H3. The SMILES string of the molecule is Cc1cc2c3c(c1)N(c1ccc(-c4ccccc4)cc1-c1cc(C(C)(C)C)cc(C(C)(C)C)c1)c1ccc(-c4ccccc4)cc1B3c1ccc(N(c3ccccc3)c3ccccc3)cc1O2. The average molecular weight is 867 g/mol. The number of anilines is 6. The van der Waals surface area contributed by atoms with Crippen molar-refractivity contribution in [2.45, 2.75) is 59.3 Å². The Morgan fingerprint density at radius 1 is 0.403 bits per heavy atom. The minimum atomic E-state index is -0.0797. The van der Waals surface area contributed by atoms with Crippen LogP contribution in [0.1, 0.15) is 58.2 Å². The Kier molecular flexibility index (Phi) is 10.3. The van der Waals surface area contributed by atoms with E-state index >= 15 is 0 Å². The van der Waals surface area contributed by atoms with Crippen molar-refractivity contribution in [1.29, 1.82) is 0 Å². The smallest absolute Gasteiger partial charge is 0.256 e. The van der Waals surface area contributed by atoms with Gasteiger partial charge in [0.15, 0.2) is 0 Å². The van der Waals surface area contributed by atoms with Crippen molar-refractivity contribution in [1.82, 2.24) is 0 Å². The van der Waals surface area contributed by atoms with Gasteiger partial charge in [0.2, 0.25) is 0 Å². The number of fused-ring (bicyclic) bond motifs is 4. The van der Waals surface area contributed by atoms with Gasteiger partial charge in [-0.25, -0.2) is 0 Å². The zero-order valence-electron chi connectivity index (χ0n) is 39.5. The highest BCUT2D eigenvalue weighted by molar-refractivity contribution is 6.99. The lowest BCUT2D eigenvalue weighted by molar-refractivity contribution is 0.487. The number of hydrogen-bond acceptors (Lipinski definition) is 3. The summed E-state index contributed by atoms with van der Waals surface area (Å²) in [6.45, 7) is 16.1. The van der Waals surface area contributed by atoms with Crippen molar-refractivity contribution in [3.63, 3.8) is 0 Å². The molecule has 0 atom stereocenters. The highest BCUT2D eigenvalue weighted by atomic mass is 16.5. The van der Waals surface area contributed by atoms with Crippen molar-refractivity contribution in [3.8, 4) is 44.9 Å². The Labute approximate surface area is 397 Å². The third-order valence-electron chi connectivity index (χ3n) is 13.6. The van der Waals surface area contributed by atoms with Crippen LogP contribution in [0.2, 0.25) is 0 Å². The molecular formula is C63H55BN2O. The molecule has 2 aliphatic heterocycles. The topological polar surface area (TPSA) is 15.7 Å². The Morgan fingerprint density at radius 2 is 0.940 bits per heavy atom. The summed E-state index contributed by atoms with van der Waals surface area (Å²) in [7, 11) is 0. The fraction of sp³-hybridized carbons (Fsp3) is 0.143. The lowest BCUT2D eigenvalue weighted by Gasteiger charge is -2.41. The molecule has 0 unspecified atom stereocenters. The second kappa shape index (κ2) is 16.4. The number of ether oxygens (including phenoxy) is 1. The lowest BCUT2D eigenvalue weighted by Crippen LogP contribution is -2.59. The highest BCUT2D eigenvalue weighted by Crippen LogP contribution is 2.48. The van der Waals surface area contributed by atoms with Crippen molar-refractivity contribution in [2.24, 2.45) is 0 Å². The predicted octanol–water partition coefficient (Wildman–Crippen LogP) is 15.5. The zero-order valence-corrected chi connectivity index (χ0v) is 39.5. The van der Waals surface area contributed by atoms with Crippen LogP contribution in [0.5, 0.6) is 11.5 Å². The van der Waals surface area contributed by atoms with Gasteiger partial charge >= 0.3 is 0 Å². The lowest BCUT2D eigenvalue weighted by atomic mass is 9.34. The predicted molar refractivity (Wildman–Crippen MR) is 285 cm³/mol. The average Bonchev–Trinajstić information content (AvgIpc) is 3.34. The molecule has 0 aliphatic carbocycles. The molecule has 0 aromatic heterocycles. The normalized spacial score (nSPS) is 12.8. The molecule has 0 amide bonds. The molecule has 2 aliphatic rings. The van der Waals surface area contributed by atoms with Crippen molar-refractivity contribution < 1.29 is 4.74 Å². The second-order valence-corrected chi connectivity index (χ2v) is 20.3. The van der Waals surface area contributed by atoms with Crippen LogP contribution in [0.15, 0.2) is 206 Å². The van der Waals surface area contributed by atoms with E-state index in [-0.39, 0.29) is 17.5 Å². The maximum absolute atomic E-state index is 7.23. The van der Waals surface area contributed by atoms with E-state index in [0.29, 0.717) is 0 Å². The van der Waals surface area contributed by atoms with E-state index in [1.165, 1.54) is 55.4 Å². The maximum Gasteiger partial charge on any atom is 0.256 e. The third-order valence-corrected chi connectivity index (χ3v) is 13.6. The van der Waals surface area contributed by atoms with Crippen LogP contribution in [0, 0.1) is 6.92 Å². The minimum Gasteiger partial charge on any atom is -0.458 e. The molecule has 326 valence electrons. The summed E-state index contributed by atoms with van der Waals surface area (Å²) >= 11 is 0. The Balaban J connectivity index is 1.16. The van der Waals surface area contributed by atoms with E-state index in [2.05, 4.69) is 265 Å². The van der Waals surface area contributed by atoms with Gasteiger partial charge in [0.05, 0.1) is 5.69 Å². The third kappa shape index (κ3) is 7.71. The monoisotopic (exact) mass is 866 g/mol. The highest BCUT2D eigenvalue weighted by Gasteiger charge is 2.43. The van der Waals surface area contributed by atoms with Gasteiger partial charge in [-0.15, -0.1) is 0 Å². The quantitative estimate of drug-likeness (QED) is 0.148. The van der Waals surface area contributed by atoms with E-state index < -0.39 is 0 Å². The summed E-state index contributed by atoms with van der Waals surface area (Å²) in [6, 6.07) is 75.7. The molecule has 9 aromatic carbocycles. The van der Waals surface area contributed by atoms with Crippen LogP contribution >= 0.6 is 0 Å². The van der Waals surface area contributed by atoms with Gasteiger partial charge in [-0.3, -0.25) is 0 Å². The summed E-state index contributed by atoms with van der Waals surface area (Å²) < 4.78 is 7.23. The fourth-order valence-corrected chi connectivity index (χ4v) is 10.1. The van der Waals surface area contributed by atoms with Crippen LogP contribution in [-0.2, 0) is 10.8 Å². The van der Waals surface area contributed by atoms with Gasteiger partial charge in [-0.1, -0.05) is 181 Å². The zero-order chi connectivity index (χ0) is 46.0. The summed E-state index contributed by atoms with van der Waals surface area (Å²) in [5.41, 5.74) is 21.1. The molecule has 11 rings (SSSR count). The Bertz CT molecular complexity index is 3220. The van der Waals surface area contributed by atoms with Crippen molar-refractivity contribution >= 4 is 57.2 Å². The minimum absolute atomic E-state index is 0.0502. The number of aryl methyl sites for hydroxylation is 1. The van der Waals surface area contributed by atoms with E-state index in [4.69, 9.17) is 4.74 Å². The molecule has 0 N–H and O–H groups in total. The summed E-state index contributed by atoms with van der Waals surface area (Å²) in [5, 5.41) is 0. The van der Waals surface area contributed by atoms with E-state index in [0.717, 1.165) is 56.6 Å². The molecule has 0 saturated carbocycles. The van der Waals surface area contributed by atoms with Gasteiger partial charge in [-0.2, -0.15) is 0 Å². The number of benzene rings is 9. The first-order chi connectivity index (χ1) is 32.4. The van der Waals surface area contributed by atoms with Crippen molar-refractivity contribution in [2.75, 3.05) is 9.80 Å². The molecule has 0 saturated heterocycles. The molecule has 0 fully saturated rings. The van der Waals surface area contributed by atoms with Gasteiger partial charge < -0.3 is 14.5 Å². The Hall–Kier alpha value is -7.56. The first-order valence-corrected chi connectivity index (χ1v) is 23.6. The van der Waals surface area contributed by atoms with Crippen LogP contribution in [0.25, 0.3) is 33.4 Å². The first-order valence-electron chi connectivity index (χ1n) is 23.6. The van der Waals surface area contributed by atoms with Gasteiger partial charge in [0, 0.05) is 40.1 Å². The molecular weight excluding hydrogens is 812 g/mol. The first kappa shape index (κ1) is 42.1. The molecule has 4 heteroatoms. The van der Waals surface area contributed by atoms with E-state index in [1.807, 2.05) is 0 Å². The van der Waals surface area contributed by atoms with E-state index in [1.54, 1.807) is 0 Å². The Morgan fingerprint density at radius 3 is 1.51 bits per heavy atom. The van der Waals surface area contributed by atoms with Crippen LogP contribution in [-0.4, -0.2) is 6.71 Å². The van der Waals surface area contributed by atoms with E-state index in [9.17, 15) is 0 Å². The second-order valence-electron chi connectivity index (χ2n) is 20.3. The fourth-order valence-electron chi connectivity index (χ4n) is 10.1. The number of rotatable bonds is 7. The largest absolute Gasteiger partial charge is 0.458 e. The maximum atomic E-state index is 7.23. The molecule has 9 aromatic rings. The van der Waals surface area contributed by atoms with Crippen molar-refractivity contribution in [3.05, 3.63) is 223 Å². The van der Waals surface area contributed by atoms with Gasteiger partial charge in [-0.05, 0) is 139 Å². The summed E-state index contributed by atoms with van der Waals surface area (Å²) in [5.74, 6) is 1.76. The number of hydrogen-bond donors (Lipinski definition) is 0.